The van der Waals surface area contributed by atoms with E-state index in [1.165, 1.54) is 6.07 Å². The van der Waals surface area contributed by atoms with Crippen molar-refractivity contribution in [3.63, 3.8) is 0 Å². The molecule has 1 aliphatic rings. The second kappa shape index (κ2) is 7.23. The van der Waals surface area contributed by atoms with Crippen LogP contribution in [0.1, 0.15) is 51.3 Å². The van der Waals surface area contributed by atoms with Gasteiger partial charge in [0.2, 0.25) is 0 Å². The van der Waals surface area contributed by atoms with Crippen LogP contribution in [0.25, 0.3) is 0 Å². The molecule has 2 aromatic carbocycles. The van der Waals surface area contributed by atoms with E-state index in [0.717, 1.165) is 0 Å². The van der Waals surface area contributed by atoms with E-state index < -0.39 is 11.5 Å². The standard InChI is InChI=1S/C21H21NO5/c1-21(2)11-17(23)16-10-14(6-9-19(16)27-21)20(25)22-12-18(24)13-4-7-15(26-3)8-5-13/h4-10H,11-12H2,1-3H3,(H,22,25). The summed E-state index contributed by atoms with van der Waals surface area (Å²) in [5.41, 5.74) is 0.627. The maximum Gasteiger partial charge on any atom is 0.251 e. The summed E-state index contributed by atoms with van der Waals surface area (Å²) in [4.78, 5) is 36.9. The minimum Gasteiger partial charge on any atom is -0.497 e. The second-order valence-corrected chi connectivity index (χ2v) is 7.01. The topological polar surface area (TPSA) is 81.7 Å². The van der Waals surface area contributed by atoms with Crippen LogP contribution in [-0.2, 0) is 0 Å². The molecule has 0 saturated carbocycles. The maximum absolute atomic E-state index is 12.4. The van der Waals surface area contributed by atoms with E-state index in [0.29, 0.717) is 28.2 Å². The summed E-state index contributed by atoms with van der Waals surface area (Å²) in [5, 5.41) is 2.59. The first-order valence-electron chi connectivity index (χ1n) is 8.61. The van der Waals surface area contributed by atoms with Crippen molar-refractivity contribution in [3.05, 3.63) is 59.2 Å². The summed E-state index contributed by atoms with van der Waals surface area (Å²) < 4.78 is 10.8. The van der Waals surface area contributed by atoms with Crippen LogP contribution in [0.15, 0.2) is 42.5 Å². The van der Waals surface area contributed by atoms with Gasteiger partial charge in [-0.05, 0) is 56.3 Å². The zero-order valence-corrected chi connectivity index (χ0v) is 15.5. The van der Waals surface area contributed by atoms with Crippen LogP contribution in [0.2, 0.25) is 0 Å². The first-order valence-corrected chi connectivity index (χ1v) is 8.61. The van der Waals surface area contributed by atoms with Gasteiger partial charge in [-0.2, -0.15) is 0 Å². The van der Waals surface area contributed by atoms with Crippen molar-refractivity contribution in [3.8, 4) is 11.5 Å². The third kappa shape index (κ3) is 4.16. The predicted molar refractivity (Wildman–Crippen MR) is 99.8 cm³/mol. The Morgan fingerprint density at radius 2 is 1.78 bits per heavy atom. The van der Waals surface area contributed by atoms with Gasteiger partial charge in [-0.15, -0.1) is 0 Å². The van der Waals surface area contributed by atoms with E-state index in [1.807, 2.05) is 13.8 Å². The summed E-state index contributed by atoms with van der Waals surface area (Å²) in [6, 6.07) is 11.4. The molecule has 6 nitrogen and oxygen atoms in total. The van der Waals surface area contributed by atoms with Gasteiger partial charge in [-0.3, -0.25) is 14.4 Å². The zero-order valence-electron chi connectivity index (χ0n) is 15.5. The third-order valence-electron chi connectivity index (χ3n) is 4.34. The van der Waals surface area contributed by atoms with Gasteiger partial charge in [0.05, 0.1) is 25.6 Å². The lowest BCUT2D eigenvalue weighted by molar-refractivity contribution is 0.0619. The minimum absolute atomic E-state index is 0.0646. The van der Waals surface area contributed by atoms with Crippen LogP contribution in [-0.4, -0.2) is 36.7 Å². The number of hydrogen-bond acceptors (Lipinski definition) is 5. The number of rotatable bonds is 5. The molecule has 0 atom stereocenters. The van der Waals surface area contributed by atoms with Gasteiger partial charge in [-0.1, -0.05) is 0 Å². The average Bonchev–Trinajstić information content (AvgIpc) is 2.64. The Morgan fingerprint density at radius 1 is 1.11 bits per heavy atom. The Labute approximate surface area is 157 Å². The fraction of sp³-hybridized carbons (Fsp3) is 0.286. The van der Waals surface area contributed by atoms with Crippen LogP contribution < -0.4 is 14.8 Å². The van der Waals surface area contributed by atoms with Gasteiger partial charge in [0.1, 0.15) is 17.1 Å². The number of ether oxygens (including phenoxy) is 2. The molecule has 27 heavy (non-hydrogen) atoms. The number of benzene rings is 2. The summed E-state index contributed by atoms with van der Waals surface area (Å²) in [6.45, 7) is 3.55. The van der Waals surface area contributed by atoms with Crippen LogP contribution in [0.5, 0.6) is 11.5 Å². The lowest BCUT2D eigenvalue weighted by Crippen LogP contribution is -2.36. The molecule has 0 saturated heterocycles. The van der Waals surface area contributed by atoms with Crippen molar-refractivity contribution in [2.24, 2.45) is 0 Å². The van der Waals surface area contributed by atoms with Gasteiger partial charge in [0, 0.05) is 11.1 Å². The fourth-order valence-corrected chi connectivity index (χ4v) is 2.94. The first kappa shape index (κ1) is 18.6. The van der Waals surface area contributed by atoms with Crippen molar-refractivity contribution in [2.75, 3.05) is 13.7 Å². The van der Waals surface area contributed by atoms with E-state index in [4.69, 9.17) is 9.47 Å². The number of carbonyl (C=O) groups is 3. The van der Waals surface area contributed by atoms with E-state index in [9.17, 15) is 14.4 Å². The maximum atomic E-state index is 12.4. The van der Waals surface area contributed by atoms with Crippen LogP contribution in [0.4, 0.5) is 0 Å². The highest BCUT2D eigenvalue weighted by Crippen LogP contribution is 2.33. The molecule has 0 aromatic heterocycles. The molecule has 0 spiro atoms. The van der Waals surface area contributed by atoms with E-state index >= 15 is 0 Å². The molecular weight excluding hydrogens is 346 g/mol. The molecule has 1 aliphatic heterocycles. The average molecular weight is 367 g/mol. The smallest absolute Gasteiger partial charge is 0.251 e. The molecule has 1 N–H and O–H groups in total. The number of amides is 1. The second-order valence-electron chi connectivity index (χ2n) is 7.01. The molecule has 0 bridgehead atoms. The largest absolute Gasteiger partial charge is 0.497 e. The normalized spacial score (nSPS) is 14.7. The highest BCUT2D eigenvalue weighted by atomic mass is 16.5. The summed E-state index contributed by atoms with van der Waals surface area (Å²) in [7, 11) is 1.55. The van der Waals surface area contributed by atoms with Gasteiger partial charge in [0.25, 0.3) is 5.91 Å². The van der Waals surface area contributed by atoms with Crippen LogP contribution in [0.3, 0.4) is 0 Å². The number of Topliss-reactive ketones (excluding diaryl/α,β-unsaturated/α-hetero) is 2. The van der Waals surface area contributed by atoms with E-state index in [2.05, 4.69) is 5.32 Å². The van der Waals surface area contributed by atoms with Gasteiger partial charge in [-0.25, -0.2) is 0 Å². The number of fused-ring (bicyclic) bond motifs is 1. The van der Waals surface area contributed by atoms with Crippen molar-refractivity contribution in [1.29, 1.82) is 0 Å². The lowest BCUT2D eigenvalue weighted by atomic mass is 9.92. The Morgan fingerprint density at radius 3 is 2.44 bits per heavy atom. The molecule has 2 aromatic rings. The lowest BCUT2D eigenvalue weighted by Gasteiger charge is -2.31. The van der Waals surface area contributed by atoms with Crippen molar-refractivity contribution >= 4 is 17.5 Å². The van der Waals surface area contributed by atoms with Crippen molar-refractivity contribution < 1.29 is 23.9 Å². The zero-order chi connectivity index (χ0) is 19.6. The highest BCUT2D eigenvalue weighted by Gasteiger charge is 2.32. The molecule has 140 valence electrons. The fourth-order valence-electron chi connectivity index (χ4n) is 2.94. The Kier molecular flexibility index (Phi) is 4.99. The molecule has 3 rings (SSSR count). The van der Waals surface area contributed by atoms with Gasteiger partial charge in [0.15, 0.2) is 11.6 Å². The molecule has 6 heteroatoms. The van der Waals surface area contributed by atoms with E-state index in [-0.39, 0.29) is 24.5 Å². The third-order valence-corrected chi connectivity index (χ3v) is 4.34. The van der Waals surface area contributed by atoms with Crippen molar-refractivity contribution in [2.45, 2.75) is 25.9 Å². The van der Waals surface area contributed by atoms with Crippen molar-refractivity contribution in [1.82, 2.24) is 5.32 Å². The highest BCUT2D eigenvalue weighted by molar-refractivity contribution is 6.05. The van der Waals surface area contributed by atoms with Gasteiger partial charge < -0.3 is 14.8 Å². The molecule has 0 radical (unpaired) electrons. The molecule has 1 heterocycles. The molecule has 0 fully saturated rings. The summed E-state index contributed by atoms with van der Waals surface area (Å²) in [6.07, 6.45) is 0.251. The first-order chi connectivity index (χ1) is 12.8. The van der Waals surface area contributed by atoms with Crippen LogP contribution in [0, 0.1) is 0 Å². The number of nitrogens with one attached hydrogen (secondary N) is 1. The SMILES string of the molecule is COc1ccc(C(=O)CNC(=O)c2ccc3c(c2)C(=O)CC(C)(C)O3)cc1. The number of hydrogen-bond donors (Lipinski definition) is 1. The number of ketones is 2. The molecule has 0 unspecified atom stereocenters. The number of methoxy groups -OCH3 is 1. The summed E-state index contributed by atoms with van der Waals surface area (Å²) >= 11 is 0. The summed E-state index contributed by atoms with van der Waals surface area (Å²) in [5.74, 6) is 0.425. The molecule has 0 aliphatic carbocycles. The Hall–Kier alpha value is -3.15. The Bertz CT molecular complexity index is 899. The minimum atomic E-state index is -0.557. The monoisotopic (exact) mass is 367 g/mol. The quantitative estimate of drug-likeness (QED) is 0.822. The van der Waals surface area contributed by atoms with E-state index in [1.54, 1.807) is 43.5 Å². The Balaban J connectivity index is 1.67. The van der Waals surface area contributed by atoms with Crippen LogP contribution >= 0.6 is 0 Å². The van der Waals surface area contributed by atoms with Gasteiger partial charge >= 0.3 is 0 Å². The number of carbonyl (C=O) groups excluding carboxylic acids is 3. The predicted octanol–water partition coefficient (Wildman–Crippen LogP) is 3.05. The molecular formula is C21H21NO5. The molecule has 1 amide bonds.